The Morgan fingerprint density at radius 3 is 2.58 bits per heavy atom. The summed E-state index contributed by atoms with van der Waals surface area (Å²) in [5.74, 6) is 0.251. The maximum atomic E-state index is 11.0. The number of nitrogen functional groups attached to an aromatic ring is 1. The molecule has 1 aliphatic rings. The first-order valence-corrected chi connectivity index (χ1v) is 12.9. The fourth-order valence-electron chi connectivity index (χ4n) is 4.26. The lowest BCUT2D eigenvalue weighted by molar-refractivity contribution is -0.105. The molecule has 0 spiro atoms. The van der Waals surface area contributed by atoms with Gasteiger partial charge in [-0.15, -0.1) is 0 Å². The highest BCUT2D eigenvalue weighted by atomic mass is 32.2. The summed E-state index contributed by atoms with van der Waals surface area (Å²) in [5.41, 5.74) is 17.9. The Balaban J connectivity index is 1.37. The number of nitrogens with zero attached hydrogens (tertiary/aromatic N) is 2. The van der Waals surface area contributed by atoms with E-state index in [0.717, 1.165) is 46.1 Å². The number of nitrogens with one attached hydrogen (secondary N) is 3. The summed E-state index contributed by atoms with van der Waals surface area (Å²) in [4.78, 5) is 19.1. The number of aryl methyl sites for hydroxylation is 1. The SMILES string of the molecule is Cc1cc(N=C(N)Nc2ccc(SNCCN3CCCC3)cc2)c(N)cc1-c1ccccc1NC=O. The summed E-state index contributed by atoms with van der Waals surface area (Å²) in [5, 5.41) is 5.87. The van der Waals surface area contributed by atoms with Gasteiger partial charge in [0, 0.05) is 34.9 Å². The number of para-hydroxylation sites is 1. The molecule has 1 aliphatic heterocycles. The van der Waals surface area contributed by atoms with Gasteiger partial charge in [-0.2, -0.15) is 0 Å². The van der Waals surface area contributed by atoms with Crippen LogP contribution in [0.5, 0.6) is 0 Å². The van der Waals surface area contributed by atoms with E-state index in [1.807, 2.05) is 67.6 Å². The maximum absolute atomic E-state index is 11.0. The van der Waals surface area contributed by atoms with Gasteiger partial charge < -0.3 is 27.0 Å². The lowest BCUT2D eigenvalue weighted by Crippen LogP contribution is -2.27. The number of guanidine groups is 1. The Morgan fingerprint density at radius 2 is 1.83 bits per heavy atom. The van der Waals surface area contributed by atoms with Crippen molar-refractivity contribution in [3.8, 4) is 11.1 Å². The molecule has 3 aromatic carbocycles. The van der Waals surface area contributed by atoms with Crippen LogP contribution < -0.4 is 26.8 Å². The third-order valence-electron chi connectivity index (χ3n) is 6.09. The van der Waals surface area contributed by atoms with E-state index < -0.39 is 0 Å². The second-order valence-electron chi connectivity index (χ2n) is 8.73. The fourth-order valence-corrected chi connectivity index (χ4v) is 4.89. The predicted molar refractivity (Wildman–Crippen MR) is 152 cm³/mol. The third-order valence-corrected chi connectivity index (χ3v) is 6.95. The first kappa shape index (κ1) is 25.6. The fraction of sp³-hybridized carbons (Fsp3) is 0.259. The van der Waals surface area contributed by atoms with E-state index in [-0.39, 0.29) is 5.96 Å². The average molecular weight is 504 g/mol. The molecular formula is C27H33N7OS. The van der Waals surface area contributed by atoms with Crippen molar-refractivity contribution in [1.29, 1.82) is 0 Å². The molecule has 1 saturated heterocycles. The zero-order valence-electron chi connectivity index (χ0n) is 20.5. The maximum Gasteiger partial charge on any atom is 0.211 e. The van der Waals surface area contributed by atoms with Crippen molar-refractivity contribution >= 4 is 47.1 Å². The van der Waals surface area contributed by atoms with E-state index in [1.165, 1.54) is 25.9 Å². The molecule has 3 aromatic rings. The first-order valence-electron chi connectivity index (χ1n) is 12.1. The molecule has 1 heterocycles. The van der Waals surface area contributed by atoms with Crippen LogP contribution in [0.4, 0.5) is 22.7 Å². The summed E-state index contributed by atoms with van der Waals surface area (Å²) in [6.45, 7) is 6.47. The Labute approximate surface area is 216 Å². The van der Waals surface area contributed by atoms with E-state index in [0.29, 0.717) is 17.8 Å². The van der Waals surface area contributed by atoms with Gasteiger partial charge in [-0.25, -0.2) is 4.99 Å². The van der Waals surface area contributed by atoms with Crippen LogP contribution >= 0.6 is 11.9 Å². The molecule has 188 valence electrons. The highest BCUT2D eigenvalue weighted by Crippen LogP contribution is 2.36. The monoisotopic (exact) mass is 503 g/mol. The van der Waals surface area contributed by atoms with E-state index in [9.17, 15) is 4.79 Å². The molecule has 8 nitrogen and oxygen atoms in total. The minimum absolute atomic E-state index is 0.251. The van der Waals surface area contributed by atoms with Gasteiger partial charge in [0.15, 0.2) is 5.96 Å². The highest BCUT2D eigenvalue weighted by molar-refractivity contribution is 7.97. The highest BCUT2D eigenvalue weighted by Gasteiger charge is 2.12. The summed E-state index contributed by atoms with van der Waals surface area (Å²) in [6, 6.07) is 19.4. The molecule has 0 unspecified atom stereocenters. The van der Waals surface area contributed by atoms with Crippen LogP contribution in [0.2, 0.25) is 0 Å². The molecule has 0 aliphatic carbocycles. The van der Waals surface area contributed by atoms with Gasteiger partial charge in [0.1, 0.15) is 0 Å². The number of benzene rings is 3. The van der Waals surface area contributed by atoms with Gasteiger partial charge in [0.2, 0.25) is 6.41 Å². The van der Waals surface area contributed by atoms with Crippen molar-refractivity contribution < 1.29 is 4.79 Å². The molecule has 9 heteroatoms. The van der Waals surface area contributed by atoms with E-state index in [1.54, 1.807) is 11.9 Å². The van der Waals surface area contributed by atoms with Crippen molar-refractivity contribution in [3.63, 3.8) is 0 Å². The number of anilines is 3. The topological polar surface area (TPSA) is 121 Å². The molecule has 0 saturated carbocycles. The number of rotatable bonds is 10. The van der Waals surface area contributed by atoms with Crippen molar-refractivity contribution in [3.05, 3.63) is 66.2 Å². The van der Waals surface area contributed by atoms with Crippen LogP contribution in [0.25, 0.3) is 11.1 Å². The van der Waals surface area contributed by atoms with Crippen molar-refractivity contribution in [2.45, 2.75) is 24.7 Å². The summed E-state index contributed by atoms with van der Waals surface area (Å²) >= 11 is 1.63. The van der Waals surface area contributed by atoms with Crippen molar-refractivity contribution in [2.24, 2.45) is 10.7 Å². The smallest absolute Gasteiger partial charge is 0.211 e. The average Bonchev–Trinajstić information content (AvgIpc) is 3.39. The van der Waals surface area contributed by atoms with Gasteiger partial charge in [0.05, 0.1) is 11.4 Å². The minimum Gasteiger partial charge on any atom is -0.397 e. The molecule has 0 radical (unpaired) electrons. The van der Waals surface area contributed by atoms with Gasteiger partial charge >= 0.3 is 0 Å². The lowest BCUT2D eigenvalue weighted by Gasteiger charge is -2.14. The molecular weight excluding hydrogens is 470 g/mol. The number of amides is 1. The van der Waals surface area contributed by atoms with E-state index in [4.69, 9.17) is 11.5 Å². The number of nitrogens with two attached hydrogens (primary N) is 2. The number of carbonyl (C=O) groups is 1. The van der Waals surface area contributed by atoms with Crippen LogP contribution in [0.3, 0.4) is 0 Å². The van der Waals surface area contributed by atoms with Crippen LogP contribution in [0, 0.1) is 6.92 Å². The van der Waals surface area contributed by atoms with Crippen molar-refractivity contribution in [1.82, 2.24) is 9.62 Å². The zero-order valence-corrected chi connectivity index (χ0v) is 21.3. The second kappa shape index (κ2) is 12.4. The van der Waals surface area contributed by atoms with E-state index >= 15 is 0 Å². The zero-order chi connectivity index (χ0) is 25.3. The van der Waals surface area contributed by atoms with Crippen LogP contribution in [-0.4, -0.2) is 43.4 Å². The molecule has 0 atom stereocenters. The summed E-state index contributed by atoms with van der Waals surface area (Å²) in [7, 11) is 0. The largest absolute Gasteiger partial charge is 0.397 e. The third kappa shape index (κ3) is 6.78. The Kier molecular flexibility index (Phi) is 8.83. The Bertz CT molecular complexity index is 1210. The molecule has 0 bridgehead atoms. The number of hydrogen-bond donors (Lipinski definition) is 5. The normalized spacial score (nSPS) is 14.1. The standard InChI is InChI=1S/C27H33N7OS/c1-19-16-26(24(28)17-23(19)22-6-2-3-7-25(22)30-18-35)33-27(29)32-20-8-10-21(11-9-20)36-31-12-15-34-13-4-5-14-34/h2-3,6-11,16-18,31H,4-5,12-15,28H2,1H3,(H,30,35)(H3,29,32,33). The first-order chi connectivity index (χ1) is 17.5. The van der Waals surface area contributed by atoms with Crippen LogP contribution in [0.15, 0.2) is 70.6 Å². The molecule has 7 N–H and O–H groups in total. The Hall–Kier alpha value is -3.53. The molecule has 0 aromatic heterocycles. The van der Waals surface area contributed by atoms with Gasteiger partial charge in [-0.3, -0.25) is 9.52 Å². The molecule has 4 rings (SSSR count). The second-order valence-corrected chi connectivity index (χ2v) is 9.69. The lowest BCUT2D eigenvalue weighted by atomic mass is 9.97. The quantitative estimate of drug-likeness (QED) is 0.0687. The number of aliphatic imine (C=N–C) groups is 1. The van der Waals surface area contributed by atoms with Gasteiger partial charge in [0.25, 0.3) is 0 Å². The molecule has 1 fully saturated rings. The minimum atomic E-state index is 0.251. The van der Waals surface area contributed by atoms with Gasteiger partial charge in [-0.1, -0.05) is 18.2 Å². The van der Waals surface area contributed by atoms with Crippen LogP contribution in [0.1, 0.15) is 18.4 Å². The molecule has 36 heavy (non-hydrogen) atoms. The van der Waals surface area contributed by atoms with Crippen molar-refractivity contribution in [2.75, 3.05) is 42.5 Å². The number of hydrogen-bond acceptors (Lipinski definition) is 6. The summed E-state index contributed by atoms with van der Waals surface area (Å²) < 4.78 is 3.43. The van der Waals surface area contributed by atoms with Crippen LogP contribution in [-0.2, 0) is 4.79 Å². The Morgan fingerprint density at radius 1 is 1.08 bits per heavy atom. The predicted octanol–water partition coefficient (Wildman–Crippen LogP) is 4.56. The van der Waals surface area contributed by atoms with Gasteiger partial charge in [-0.05, 0) is 98.4 Å². The van der Waals surface area contributed by atoms with E-state index in [2.05, 4.69) is 25.2 Å². The number of carbonyl (C=O) groups excluding carboxylic acids is 1. The summed E-state index contributed by atoms with van der Waals surface area (Å²) in [6.07, 6.45) is 3.31. The number of likely N-dealkylation sites (tertiary alicyclic amines) is 1. The molecule has 1 amide bonds.